The number of nitrogens with one attached hydrogen (secondary N) is 2. The highest BCUT2D eigenvalue weighted by atomic mass is 19.1. The number of hydrazine groups is 1. The third kappa shape index (κ3) is 9.85. The van der Waals surface area contributed by atoms with Crippen LogP contribution < -0.4 is 10.7 Å². The fraction of sp³-hybridized carbons (Fsp3) is 0.459. The summed E-state index contributed by atoms with van der Waals surface area (Å²) in [6.45, 7) is 5.16. The van der Waals surface area contributed by atoms with Gasteiger partial charge in [0.15, 0.2) is 6.29 Å². The highest BCUT2D eigenvalue weighted by Crippen LogP contribution is 2.33. The van der Waals surface area contributed by atoms with Crippen LogP contribution in [-0.2, 0) is 41.5 Å². The summed E-state index contributed by atoms with van der Waals surface area (Å²) in [7, 11) is 1.19. The molecule has 3 aromatic rings. The van der Waals surface area contributed by atoms with Gasteiger partial charge in [-0.1, -0.05) is 57.2 Å². The van der Waals surface area contributed by atoms with Crippen molar-refractivity contribution in [3.63, 3.8) is 0 Å². The van der Waals surface area contributed by atoms with Crippen molar-refractivity contribution in [1.29, 1.82) is 0 Å². The number of amides is 2. The van der Waals surface area contributed by atoms with Crippen LogP contribution in [-0.4, -0.2) is 84.5 Å². The Kier molecular flexibility index (Phi) is 12.3. The molecule has 2 fully saturated rings. The zero-order chi connectivity index (χ0) is 36.7. The van der Waals surface area contributed by atoms with Gasteiger partial charge in [-0.05, 0) is 47.1 Å². The Morgan fingerprint density at radius 3 is 2.51 bits per heavy atom. The monoisotopic (exact) mass is 710 g/mol. The molecule has 2 saturated heterocycles. The van der Waals surface area contributed by atoms with Gasteiger partial charge >= 0.3 is 12.1 Å². The Bertz CT molecular complexity index is 1660. The average molecular weight is 711 g/mol. The first-order valence-electron chi connectivity index (χ1n) is 16.8. The van der Waals surface area contributed by atoms with Crippen molar-refractivity contribution in [3.05, 3.63) is 89.8 Å². The normalized spacial score (nSPS) is 20.3. The fourth-order valence-electron chi connectivity index (χ4n) is 6.34. The zero-order valence-electron chi connectivity index (χ0n) is 29.0. The Balaban J connectivity index is 1.39. The van der Waals surface area contributed by atoms with Crippen LogP contribution >= 0.6 is 0 Å². The predicted octanol–water partition coefficient (Wildman–Crippen LogP) is 4.16. The van der Waals surface area contributed by atoms with Crippen LogP contribution in [0, 0.1) is 28.9 Å². The lowest BCUT2D eigenvalue weighted by Crippen LogP contribution is -2.55. The molecule has 6 atom stereocenters. The van der Waals surface area contributed by atoms with Crippen LogP contribution in [0.2, 0.25) is 0 Å². The molecule has 6 unspecified atom stereocenters. The Morgan fingerprint density at radius 2 is 1.84 bits per heavy atom. The molecular weight excluding hydrogens is 666 g/mol. The summed E-state index contributed by atoms with van der Waals surface area (Å²) in [5.41, 5.74) is 4.34. The summed E-state index contributed by atoms with van der Waals surface area (Å²) in [6.07, 6.45) is 0.864. The van der Waals surface area contributed by atoms with Crippen LogP contribution in [0.15, 0.2) is 67.0 Å². The third-order valence-electron chi connectivity index (χ3n) is 9.04. The Hall–Kier alpha value is -4.50. The molecule has 2 aliphatic rings. The predicted molar refractivity (Wildman–Crippen MR) is 180 cm³/mol. The van der Waals surface area contributed by atoms with Crippen molar-refractivity contribution in [2.45, 2.75) is 64.7 Å². The molecule has 0 spiro atoms. The standard InChI is InChI=1S/C37H44F2N4O8/c1-37(2,3)32(34(46)48-4)33(45)41-29(16-22-7-9-23(10-8-22)24-6-5-14-40-18-24)30(44)20-43(19-25-11-12-26(38)17-28(25)39)42-36(47)51-31-21-50-35-27(31)13-15-49-35/h5-12,14,17-18,27,29-32,35,44H,13,15-16,19-21H2,1-4H3,(H,41,45)(H,42,47). The molecule has 1 aromatic heterocycles. The van der Waals surface area contributed by atoms with Gasteiger partial charge in [0.05, 0.1) is 38.4 Å². The van der Waals surface area contributed by atoms with E-state index in [1.807, 2.05) is 36.4 Å². The molecule has 0 radical (unpaired) electrons. The second-order valence-electron chi connectivity index (χ2n) is 13.8. The maximum atomic E-state index is 14.8. The van der Waals surface area contributed by atoms with E-state index in [1.165, 1.54) is 18.2 Å². The lowest BCUT2D eigenvalue weighted by Gasteiger charge is -2.33. The zero-order valence-corrected chi connectivity index (χ0v) is 29.0. The van der Waals surface area contributed by atoms with Gasteiger partial charge in [-0.15, -0.1) is 0 Å². The molecule has 2 aromatic carbocycles. The molecule has 51 heavy (non-hydrogen) atoms. The van der Waals surface area contributed by atoms with E-state index in [4.69, 9.17) is 18.9 Å². The molecule has 0 aliphatic carbocycles. The van der Waals surface area contributed by atoms with E-state index in [0.29, 0.717) is 13.0 Å². The van der Waals surface area contributed by atoms with Gasteiger partial charge in [0.25, 0.3) is 0 Å². The number of ether oxygens (including phenoxy) is 4. The number of esters is 1. The molecule has 0 saturated carbocycles. The second-order valence-corrected chi connectivity index (χ2v) is 13.8. The number of benzene rings is 2. The minimum absolute atomic E-state index is 0.0300. The van der Waals surface area contributed by atoms with Crippen molar-refractivity contribution in [2.24, 2.45) is 17.3 Å². The molecular formula is C37H44F2N4O8. The van der Waals surface area contributed by atoms with Crippen molar-refractivity contribution in [2.75, 3.05) is 26.9 Å². The van der Waals surface area contributed by atoms with Gasteiger partial charge in [-0.2, -0.15) is 0 Å². The summed E-state index contributed by atoms with van der Waals surface area (Å²) in [5.74, 6) is -4.38. The number of methoxy groups -OCH3 is 1. The van der Waals surface area contributed by atoms with Crippen molar-refractivity contribution in [1.82, 2.24) is 20.7 Å². The summed E-state index contributed by atoms with van der Waals surface area (Å²) in [6, 6.07) is 13.2. The minimum atomic E-state index is -1.39. The van der Waals surface area contributed by atoms with Gasteiger partial charge < -0.3 is 29.4 Å². The van der Waals surface area contributed by atoms with Crippen LogP contribution in [0.1, 0.15) is 38.3 Å². The number of aliphatic hydroxyl groups excluding tert-OH is 1. The number of carbonyl (C=O) groups excluding carboxylic acids is 3. The van der Waals surface area contributed by atoms with Gasteiger partial charge in [-0.25, -0.2) is 18.6 Å². The maximum Gasteiger partial charge on any atom is 0.422 e. The fourth-order valence-corrected chi connectivity index (χ4v) is 6.34. The van der Waals surface area contributed by atoms with Gasteiger partial charge in [0.2, 0.25) is 5.91 Å². The Labute approximate surface area is 295 Å². The molecule has 12 nitrogen and oxygen atoms in total. The minimum Gasteiger partial charge on any atom is -0.468 e. The molecule has 3 N–H and O–H groups in total. The van der Waals surface area contributed by atoms with E-state index in [2.05, 4.69) is 15.7 Å². The van der Waals surface area contributed by atoms with E-state index in [0.717, 1.165) is 28.8 Å². The summed E-state index contributed by atoms with van der Waals surface area (Å²) < 4.78 is 50.2. The van der Waals surface area contributed by atoms with Crippen molar-refractivity contribution < 1.29 is 47.2 Å². The molecule has 274 valence electrons. The quantitative estimate of drug-likeness (QED) is 0.134. The SMILES string of the molecule is COC(=O)C(C(=O)NC(Cc1ccc(-c2cccnc2)cc1)C(O)CN(Cc1ccc(F)cc1F)NC(=O)OC1COC2OCCC12)C(C)(C)C. The Morgan fingerprint density at radius 1 is 1.08 bits per heavy atom. The molecule has 2 aliphatic heterocycles. The largest absolute Gasteiger partial charge is 0.468 e. The molecule has 2 amide bonds. The second kappa shape index (κ2) is 16.7. The highest BCUT2D eigenvalue weighted by molar-refractivity contribution is 5.98. The van der Waals surface area contributed by atoms with Crippen molar-refractivity contribution in [3.8, 4) is 11.1 Å². The first-order chi connectivity index (χ1) is 24.3. The van der Waals surface area contributed by atoms with Gasteiger partial charge in [0.1, 0.15) is 23.7 Å². The van der Waals surface area contributed by atoms with Gasteiger partial charge in [0, 0.05) is 37.1 Å². The average Bonchev–Trinajstić information content (AvgIpc) is 3.71. The number of hydrogen-bond acceptors (Lipinski definition) is 10. The first kappa shape index (κ1) is 37.7. The lowest BCUT2D eigenvalue weighted by atomic mass is 9.80. The number of nitrogens with zero attached hydrogens (tertiary/aromatic N) is 2. The number of aliphatic hydroxyl groups is 1. The number of carbonyl (C=O) groups is 3. The first-order valence-corrected chi connectivity index (χ1v) is 16.8. The van der Waals surface area contributed by atoms with E-state index in [1.54, 1.807) is 33.2 Å². The molecule has 0 bridgehead atoms. The van der Waals surface area contributed by atoms with E-state index in [9.17, 15) is 28.3 Å². The third-order valence-corrected chi connectivity index (χ3v) is 9.04. The van der Waals surface area contributed by atoms with Crippen molar-refractivity contribution >= 4 is 18.0 Å². The smallest absolute Gasteiger partial charge is 0.422 e. The highest BCUT2D eigenvalue weighted by Gasteiger charge is 2.44. The maximum absolute atomic E-state index is 14.8. The number of hydrogen-bond donors (Lipinski definition) is 3. The van der Waals surface area contributed by atoms with E-state index < -0.39 is 65.5 Å². The summed E-state index contributed by atoms with van der Waals surface area (Å²) >= 11 is 0. The number of halogens is 2. The number of fused-ring (bicyclic) bond motifs is 1. The van der Waals surface area contributed by atoms with Gasteiger partial charge in [-0.3, -0.25) is 20.0 Å². The summed E-state index contributed by atoms with van der Waals surface area (Å²) in [4.78, 5) is 43.8. The van der Waals surface area contributed by atoms with Crippen LogP contribution in [0.4, 0.5) is 13.6 Å². The van der Waals surface area contributed by atoms with Crippen LogP contribution in [0.5, 0.6) is 0 Å². The van der Waals surface area contributed by atoms with E-state index >= 15 is 0 Å². The topological polar surface area (TPSA) is 149 Å². The van der Waals surface area contributed by atoms with E-state index in [-0.39, 0.29) is 37.6 Å². The summed E-state index contributed by atoms with van der Waals surface area (Å²) in [5, 5.41) is 15.8. The molecule has 5 rings (SSSR count). The lowest BCUT2D eigenvalue weighted by molar-refractivity contribution is -0.155. The number of pyridine rings is 1. The number of rotatable bonds is 13. The molecule has 14 heteroatoms. The van der Waals surface area contributed by atoms with Crippen LogP contribution in [0.25, 0.3) is 11.1 Å². The molecule has 3 heterocycles. The van der Waals surface area contributed by atoms with Crippen LogP contribution in [0.3, 0.4) is 0 Å². The number of aromatic nitrogens is 1.